The fourth-order valence-corrected chi connectivity index (χ4v) is 3.20. The third-order valence-electron chi connectivity index (χ3n) is 4.79. The number of benzene rings is 2. The SMILES string of the molecule is O=C(NC1CCN(C(=O)/C=C/c2ccccc2OC(F)F)CC1)c1ccc(F)cc1. The number of para-hydroxylation sites is 1. The van der Waals surface area contributed by atoms with Gasteiger partial charge in [-0.1, -0.05) is 18.2 Å². The maximum atomic E-state index is 13.0. The molecule has 0 radical (unpaired) electrons. The highest BCUT2D eigenvalue weighted by atomic mass is 19.3. The van der Waals surface area contributed by atoms with E-state index in [4.69, 9.17) is 0 Å². The standard InChI is InChI=1S/C22H21F3N2O3/c23-17-8-5-16(6-9-17)21(29)26-18-11-13-27(14-12-18)20(28)10-7-15-3-1-2-4-19(15)30-22(24)25/h1-10,18,22H,11-14H2,(H,26,29)/b10-7+. The minimum atomic E-state index is -2.95. The van der Waals surface area contributed by atoms with Gasteiger partial charge in [-0.3, -0.25) is 9.59 Å². The van der Waals surface area contributed by atoms with Crippen LogP contribution in [0.15, 0.2) is 54.6 Å². The Balaban J connectivity index is 1.51. The van der Waals surface area contributed by atoms with Crippen LogP contribution in [0.4, 0.5) is 13.2 Å². The largest absolute Gasteiger partial charge is 0.434 e. The smallest absolute Gasteiger partial charge is 0.387 e. The fourth-order valence-electron chi connectivity index (χ4n) is 3.20. The Morgan fingerprint density at radius 2 is 1.73 bits per heavy atom. The molecule has 5 nitrogen and oxygen atoms in total. The van der Waals surface area contributed by atoms with Crippen molar-refractivity contribution in [3.05, 3.63) is 71.6 Å². The number of hydrogen-bond donors (Lipinski definition) is 1. The molecule has 1 saturated heterocycles. The highest BCUT2D eigenvalue weighted by Crippen LogP contribution is 2.22. The molecule has 2 aromatic rings. The first-order valence-electron chi connectivity index (χ1n) is 9.49. The van der Waals surface area contributed by atoms with E-state index in [9.17, 15) is 22.8 Å². The van der Waals surface area contributed by atoms with E-state index < -0.39 is 12.4 Å². The Kier molecular flexibility index (Phi) is 7.11. The van der Waals surface area contributed by atoms with Gasteiger partial charge in [-0.25, -0.2) is 4.39 Å². The summed E-state index contributed by atoms with van der Waals surface area (Å²) in [4.78, 5) is 26.3. The molecule has 30 heavy (non-hydrogen) atoms. The molecule has 3 rings (SSSR count). The second-order valence-corrected chi connectivity index (χ2v) is 6.83. The van der Waals surface area contributed by atoms with E-state index in [1.54, 1.807) is 23.1 Å². The molecule has 1 aliphatic heterocycles. The van der Waals surface area contributed by atoms with Crippen molar-refractivity contribution in [2.24, 2.45) is 0 Å². The van der Waals surface area contributed by atoms with Crippen LogP contribution in [-0.2, 0) is 4.79 Å². The summed E-state index contributed by atoms with van der Waals surface area (Å²) in [5.74, 6) is -0.936. The van der Waals surface area contributed by atoms with Crippen molar-refractivity contribution in [3.63, 3.8) is 0 Å². The van der Waals surface area contributed by atoms with Crippen molar-refractivity contribution in [3.8, 4) is 5.75 Å². The number of likely N-dealkylation sites (tertiary alicyclic amines) is 1. The van der Waals surface area contributed by atoms with Gasteiger partial charge in [0.15, 0.2) is 0 Å². The molecule has 0 aliphatic carbocycles. The summed E-state index contributed by atoms with van der Waals surface area (Å²) >= 11 is 0. The zero-order valence-electron chi connectivity index (χ0n) is 16.1. The molecule has 1 N–H and O–H groups in total. The zero-order chi connectivity index (χ0) is 21.5. The minimum absolute atomic E-state index is 0.00114. The predicted octanol–water partition coefficient (Wildman–Crippen LogP) is 3.86. The summed E-state index contributed by atoms with van der Waals surface area (Å²) in [6.45, 7) is -2.04. The normalized spacial score (nSPS) is 14.9. The molecule has 0 saturated carbocycles. The summed E-state index contributed by atoms with van der Waals surface area (Å²) in [5, 5.41) is 2.89. The topological polar surface area (TPSA) is 58.6 Å². The zero-order valence-corrected chi connectivity index (χ0v) is 16.1. The van der Waals surface area contributed by atoms with Gasteiger partial charge in [-0.05, 0) is 49.2 Å². The van der Waals surface area contributed by atoms with Gasteiger partial charge in [0, 0.05) is 36.3 Å². The minimum Gasteiger partial charge on any atom is -0.434 e. The second kappa shape index (κ2) is 9.96. The van der Waals surface area contributed by atoms with Crippen LogP contribution in [0.1, 0.15) is 28.8 Å². The molecule has 0 bridgehead atoms. The van der Waals surface area contributed by atoms with Crippen LogP contribution in [0, 0.1) is 5.82 Å². The maximum Gasteiger partial charge on any atom is 0.387 e. The summed E-state index contributed by atoms with van der Waals surface area (Å²) in [6, 6.07) is 11.4. The molecular formula is C22H21F3N2O3. The number of ether oxygens (including phenoxy) is 1. The van der Waals surface area contributed by atoms with Crippen molar-refractivity contribution in [2.45, 2.75) is 25.5 Å². The van der Waals surface area contributed by atoms with Crippen LogP contribution in [0.5, 0.6) is 5.75 Å². The van der Waals surface area contributed by atoms with Crippen molar-refractivity contribution >= 4 is 17.9 Å². The highest BCUT2D eigenvalue weighted by Gasteiger charge is 2.23. The molecule has 8 heteroatoms. The quantitative estimate of drug-likeness (QED) is 0.725. The Morgan fingerprint density at radius 3 is 2.40 bits per heavy atom. The van der Waals surface area contributed by atoms with E-state index in [1.165, 1.54) is 42.5 Å². The van der Waals surface area contributed by atoms with Crippen LogP contribution in [0.2, 0.25) is 0 Å². The first-order valence-corrected chi connectivity index (χ1v) is 9.49. The number of carbonyl (C=O) groups is 2. The average Bonchev–Trinajstić information content (AvgIpc) is 2.73. The number of nitrogens with zero attached hydrogens (tertiary/aromatic N) is 1. The Bertz CT molecular complexity index is 908. The maximum absolute atomic E-state index is 13.0. The van der Waals surface area contributed by atoms with Gasteiger partial charge in [-0.2, -0.15) is 8.78 Å². The van der Waals surface area contributed by atoms with Crippen LogP contribution in [0.3, 0.4) is 0 Å². The lowest BCUT2D eigenvalue weighted by Gasteiger charge is -2.31. The summed E-state index contributed by atoms with van der Waals surface area (Å²) in [6.07, 6.45) is 3.93. The van der Waals surface area contributed by atoms with E-state index in [0.29, 0.717) is 37.1 Å². The van der Waals surface area contributed by atoms with Gasteiger partial charge in [0.05, 0.1) is 0 Å². The Morgan fingerprint density at radius 1 is 1.07 bits per heavy atom. The van der Waals surface area contributed by atoms with Crippen molar-refractivity contribution in [1.29, 1.82) is 0 Å². The van der Waals surface area contributed by atoms with Gasteiger partial charge in [-0.15, -0.1) is 0 Å². The molecule has 0 aromatic heterocycles. The van der Waals surface area contributed by atoms with E-state index in [1.807, 2.05) is 0 Å². The van der Waals surface area contributed by atoms with E-state index in [2.05, 4.69) is 10.1 Å². The number of piperidine rings is 1. The van der Waals surface area contributed by atoms with E-state index in [0.717, 1.165) is 0 Å². The number of carbonyl (C=O) groups excluding carboxylic acids is 2. The third-order valence-corrected chi connectivity index (χ3v) is 4.79. The molecule has 1 heterocycles. The van der Waals surface area contributed by atoms with Crippen molar-refractivity contribution < 1.29 is 27.5 Å². The molecule has 0 atom stereocenters. The summed E-state index contributed by atoms with van der Waals surface area (Å²) in [7, 11) is 0. The number of nitrogens with one attached hydrogen (secondary N) is 1. The van der Waals surface area contributed by atoms with Crippen LogP contribution in [-0.4, -0.2) is 42.5 Å². The molecule has 0 unspecified atom stereocenters. The van der Waals surface area contributed by atoms with Gasteiger partial charge in [0.25, 0.3) is 5.91 Å². The Labute approximate surface area is 172 Å². The molecule has 0 spiro atoms. The van der Waals surface area contributed by atoms with Crippen LogP contribution < -0.4 is 10.1 Å². The van der Waals surface area contributed by atoms with Crippen molar-refractivity contribution in [1.82, 2.24) is 10.2 Å². The molecule has 2 aromatic carbocycles. The average molecular weight is 418 g/mol. The number of hydrogen-bond acceptors (Lipinski definition) is 3. The van der Waals surface area contributed by atoms with Gasteiger partial charge in [0.2, 0.25) is 5.91 Å². The lowest BCUT2D eigenvalue weighted by atomic mass is 10.0. The van der Waals surface area contributed by atoms with Gasteiger partial charge >= 0.3 is 6.61 Å². The van der Waals surface area contributed by atoms with E-state index in [-0.39, 0.29) is 23.6 Å². The molecule has 1 aliphatic rings. The molecule has 2 amide bonds. The van der Waals surface area contributed by atoms with E-state index >= 15 is 0 Å². The lowest BCUT2D eigenvalue weighted by molar-refractivity contribution is -0.127. The number of alkyl halides is 2. The lowest BCUT2D eigenvalue weighted by Crippen LogP contribution is -2.46. The highest BCUT2D eigenvalue weighted by molar-refractivity contribution is 5.94. The third kappa shape index (κ3) is 5.85. The summed E-state index contributed by atoms with van der Waals surface area (Å²) in [5.41, 5.74) is 0.759. The number of amides is 2. The fraction of sp³-hybridized carbons (Fsp3) is 0.273. The first kappa shape index (κ1) is 21.4. The number of halogens is 3. The first-order chi connectivity index (χ1) is 14.4. The second-order valence-electron chi connectivity index (χ2n) is 6.83. The molecular weight excluding hydrogens is 397 g/mol. The Hall–Kier alpha value is -3.29. The molecule has 1 fully saturated rings. The van der Waals surface area contributed by atoms with Crippen LogP contribution in [0.25, 0.3) is 6.08 Å². The monoisotopic (exact) mass is 418 g/mol. The van der Waals surface area contributed by atoms with Crippen LogP contribution >= 0.6 is 0 Å². The predicted molar refractivity (Wildman–Crippen MR) is 106 cm³/mol. The van der Waals surface area contributed by atoms with Gasteiger partial charge in [0.1, 0.15) is 11.6 Å². The molecule has 158 valence electrons. The van der Waals surface area contributed by atoms with Crippen molar-refractivity contribution in [2.75, 3.05) is 13.1 Å². The summed E-state index contributed by atoms with van der Waals surface area (Å²) < 4.78 is 42.4. The van der Waals surface area contributed by atoms with Gasteiger partial charge < -0.3 is 15.0 Å². The number of rotatable bonds is 6.